The molecule has 2 rings (SSSR count). The highest BCUT2D eigenvalue weighted by Crippen LogP contribution is 2.03. The number of amides is 3. The van der Waals surface area contributed by atoms with E-state index >= 15 is 0 Å². The van der Waals surface area contributed by atoms with E-state index < -0.39 is 11.9 Å². The van der Waals surface area contributed by atoms with Crippen molar-refractivity contribution in [2.24, 2.45) is 0 Å². The average Bonchev–Trinajstić information content (AvgIpc) is 2.38. The number of rotatable bonds is 2. The molecule has 0 aromatic carbocycles. The fourth-order valence-corrected chi connectivity index (χ4v) is 1.59. The van der Waals surface area contributed by atoms with Crippen LogP contribution in [0, 0.1) is 13.8 Å². The summed E-state index contributed by atoms with van der Waals surface area (Å²) in [5.74, 6) is -0.364. The largest absolute Gasteiger partial charge is 0.328 e. The first-order chi connectivity index (χ1) is 9.54. The topological polar surface area (TPSA) is 96.9 Å². The number of pyridine rings is 1. The van der Waals surface area contributed by atoms with Crippen LogP contribution in [0.25, 0.3) is 0 Å². The maximum atomic E-state index is 11.7. The Balaban J connectivity index is 2.01. The van der Waals surface area contributed by atoms with Gasteiger partial charge in [-0.15, -0.1) is 0 Å². The summed E-state index contributed by atoms with van der Waals surface area (Å²) in [4.78, 5) is 35.3. The summed E-state index contributed by atoms with van der Waals surface area (Å²) >= 11 is 0. The minimum Gasteiger partial charge on any atom is -0.276 e. The molecule has 0 saturated carbocycles. The number of aromatic nitrogens is 3. The Bertz CT molecular complexity index is 622. The zero-order valence-electron chi connectivity index (χ0n) is 11.0. The van der Waals surface area contributed by atoms with E-state index in [2.05, 4.69) is 25.6 Å². The summed E-state index contributed by atoms with van der Waals surface area (Å²) in [5, 5.41) is 4.60. The number of imide groups is 1. The second-order valence-corrected chi connectivity index (χ2v) is 4.12. The number of urea groups is 1. The maximum Gasteiger partial charge on any atom is 0.328 e. The maximum absolute atomic E-state index is 11.7. The minimum absolute atomic E-state index is 0.155. The molecule has 0 spiro atoms. The first-order valence-electron chi connectivity index (χ1n) is 5.89. The molecule has 20 heavy (non-hydrogen) atoms. The van der Waals surface area contributed by atoms with Gasteiger partial charge in [-0.25, -0.2) is 14.8 Å². The van der Waals surface area contributed by atoms with Crippen LogP contribution in [0.5, 0.6) is 0 Å². The number of anilines is 1. The number of hydrogen-bond donors (Lipinski definition) is 2. The fourth-order valence-electron chi connectivity index (χ4n) is 1.59. The van der Waals surface area contributed by atoms with Gasteiger partial charge in [0.15, 0.2) is 0 Å². The van der Waals surface area contributed by atoms with E-state index in [1.165, 1.54) is 24.5 Å². The molecule has 2 aromatic heterocycles. The van der Waals surface area contributed by atoms with Crippen molar-refractivity contribution in [1.29, 1.82) is 0 Å². The van der Waals surface area contributed by atoms with Crippen molar-refractivity contribution >= 4 is 17.9 Å². The molecule has 7 nitrogen and oxygen atoms in total. The Hall–Kier alpha value is -2.83. The lowest BCUT2D eigenvalue weighted by Gasteiger charge is -2.06. The van der Waals surface area contributed by atoms with Crippen molar-refractivity contribution in [3.63, 3.8) is 0 Å². The van der Waals surface area contributed by atoms with Gasteiger partial charge in [-0.1, -0.05) is 0 Å². The third kappa shape index (κ3) is 3.58. The van der Waals surface area contributed by atoms with Gasteiger partial charge >= 0.3 is 6.03 Å². The number of hydrogen-bond acceptors (Lipinski definition) is 5. The van der Waals surface area contributed by atoms with Crippen molar-refractivity contribution in [2.75, 3.05) is 5.32 Å². The van der Waals surface area contributed by atoms with Crippen LogP contribution in [-0.4, -0.2) is 26.9 Å². The molecule has 0 atom stereocenters. The van der Waals surface area contributed by atoms with Gasteiger partial charge in [-0.2, -0.15) is 0 Å². The Kier molecular flexibility index (Phi) is 3.99. The van der Waals surface area contributed by atoms with Crippen molar-refractivity contribution in [2.45, 2.75) is 13.8 Å². The number of nitrogens with zero attached hydrogens (tertiary/aromatic N) is 3. The molecule has 0 saturated heterocycles. The highest BCUT2D eigenvalue weighted by molar-refractivity contribution is 6.07. The Morgan fingerprint density at radius 2 is 1.65 bits per heavy atom. The van der Waals surface area contributed by atoms with Gasteiger partial charge in [0.25, 0.3) is 5.91 Å². The van der Waals surface area contributed by atoms with Crippen LogP contribution >= 0.6 is 0 Å². The lowest BCUT2D eigenvalue weighted by molar-refractivity contribution is 0.0967. The van der Waals surface area contributed by atoms with E-state index in [0.717, 1.165) is 11.4 Å². The van der Waals surface area contributed by atoms with Crippen LogP contribution < -0.4 is 10.6 Å². The predicted molar refractivity (Wildman–Crippen MR) is 72.2 cm³/mol. The predicted octanol–water partition coefficient (Wildman–Crippen LogP) is 1.45. The van der Waals surface area contributed by atoms with Gasteiger partial charge < -0.3 is 0 Å². The van der Waals surface area contributed by atoms with Gasteiger partial charge in [0.1, 0.15) is 0 Å². The zero-order valence-corrected chi connectivity index (χ0v) is 11.0. The summed E-state index contributed by atoms with van der Waals surface area (Å²) in [7, 11) is 0. The molecule has 0 aliphatic carbocycles. The quantitative estimate of drug-likeness (QED) is 0.861. The first kappa shape index (κ1) is 13.6. The highest BCUT2D eigenvalue weighted by atomic mass is 16.2. The van der Waals surface area contributed by atoms with E-state index in [4.69, 9.17) is 0 Å². The van der Waals surface area contributed by atoms with Crippen molar-refractivity contribution in [3.8, 4) is 0 Å². The monoisotopic (exact) mass is 271 g/mol. The van der Waals surface area contributed by atoms with E-state index in [-0.39, 0.29) is 5.95 Å². The molecule has 0 bridgehead atoms. The molecule has 0 aliphatic rings. The summed E-state index contributed by atoms with van der Waals surface area (Å²) in [6, 6.07) is 4.12. The summed E-state index contributed by atoms with van der Waals surface area (Å²) < 4.78 is 0. The summed E-state index contributed by atoms with van der Waals surface area (Å²) in [5.41, 5.74) is 1.80. The van der Waals surface area contributed by atoms with Gasteiger partial charge in [0.2, 0.25) is 5.95 Å². The van der Waals surface area contributed by atoms with Gasteiger partial charge in [-0.05, 0) is 32.0 Å². The molecular weight excluding hydrogens is 258 g/mol. The SMILES string of the molecule is Cc1cc(C)nc(NC(=O)NC(=O)c2ccncc2)n1. The van der Waals surface area contributed by atoms with Gasteiger partial charge in [0, 0.05) is 29.3 Å². The number of aryl methyl sites for hydroxylation is 2. The van der Waals surface area contributed by atoms with Crippen LogP contribution in [0.2, 0.25) is 0 Å². The first-order valence-corrected chi connectivity index (χ1v) is 5.89. The molecule has 0 fully saturated rings. The second-order valence-electron chi connectivity index (χ2n) is 4.12. The molecule has 3 amide bonds. The van der Waals surface area contributed by atoms with Crippen molar-refractivity contribution < 1.29 is 9.59 Å². The third-order valence-corrected chi connectivity index (χ3v) is 2.38. The fraction of sp³-hybridized carbons (Fsp3) is 0.154. The highest BCUT2D eigenvalue weighted by Gasteiger charge is 2.11. The van der Waals surface area contributed by atoms with Crippen LogP contribution in [-0.2, 0) is 0 Å². The molecule has 0 radical (unpaired) electrons. The minimum atomic E-state index is -0.684. The summed E-state index contributed by atoms with van der Waals surface area (Å²) in [6.45, 7) is 3.58. The Labute approximate surface area is 115 Å². The number of carbonyl (C=O) groups is 2. The van der Waals surface area contributed by atoms with E-state index in [0.29, 0.717) is 5.56 Å². The molecule has 7 heteroatoms. The van der Waals surface area contributed by atoms with Crippen LogP contribution in [0.4, 0.5) is 10.7 Å². The molecule has 102 valence electrons. The van der Waals surface area contributed by atoms with Crippen LogP contribution in [0.1, 0.15) is 21.7 Å². The van der Waals surface area contributed by atoms with Gasteiger partial charge in [0.05, 0.1) is 0 Å². The second kappa shape index (κ2) is 5.87. The molecule has 2 heterocycles. The molecule has 0 unspecified atom stereocenters. The van der Waals surface area contributed by atoms with E-state index in [1.54, 1.807) is 19.9 Å². The lowest BCUT2D eigenvalue weighted by atomic mass is 10.2. The average molecular weight is 271 g/mol. The molecule has 2 N–H and O–H groups in total. The molecule has 2 aromatic rings. The summed E-state index contributed by atoms with van der Waals surface area (Å²) in [6.07, 6.45) is 2.94. The lowest BCUT2D eigenvalue weighted by Crippen LogP contribution is -2.34. The Morgan fingerprint density at radius 3 is 2.25 bits per heavy atom. The van der Waals surface area contributed by atoms with Crippen LogP contribution in [0.15, 0.2) is 30.6 Å². The molecular formula is C13H13N5O2. The Morgan fingerprint density at radius 1 is 1.05 bits per heavy atom. The third-order valence-electron chi connectivity index (χ3n) is 2.38. The van der Waals surface area contributed by atoms with E-state index in [9.17, 15) is 9.59 Å². The van der Waals surface area contributed by atoms with E-state index in [1.807, 2.05) is 0 Å². The zero-order chi connectivity index (χ0) is 14.5. The standard InChI is InChI=1S/C13H13N5O2/c1-8-7-9(2)16-12(15-8)18-13(20)17-11(19)10-3-5-14-6-4-10/h3-7H,1-2H3,(H2,15,16,17,18,19,20). The number of carbonyl (C=O) groups excluding carboxylic acids is 2. The normalized spacial score (nSPS) is 9.90. The van der Waals surface area contributed by atoms with Crippen molar-refractivity contribution in [1.82, 2.24) is 20.3 Å². The smallest absolute Gasteiger partial charge is 0.276 e. The van der Waals surface area contributed by atoms with Crippen LogP contribution in [0.3, 0.4) is 0 Å². The molecule has 0 aliphatic heterocycles. The van der Waals surface area contributed by atoms with Crippen molar-refractivity contribution in [3.05, 3.63) is 47.5 Å². The van der Waals surface area contributed by atoms with Gasteiger partial charge in [-0.3, -0.25) is 20.4 Å². The number of nitrogens with one attached hydrogen (secondary N) is 2.